The van der Waals surface area contributed by atoms with Gasteiger partial charge in [0.1, 0.15) is 17.3 Å². The lowest BCUT2D eigenvalue weighted by atomic mass is 10.1. The minimum Gasteiger partial charge on any atom is -0.481 e. The number of hydrogen-bond acceptors (Lipinski definition) is 6. The maximum Gasteiger partial charge on any atom is 0.344 e. The van der Waals surface area contributed by atoms with Crippen molar-refractivity contribution in [2.75, 3.05) is 13.2 Å². The highest BCUT2D eigenvalue weighted by molar-refractivity contribution is 6.09. The van der Waals surface area contributed by atoms with Crippen molar-refractivity contribution in [3.05, 3.63) is 83.4 Å². The zero-order valence-electron chi connectivity index (χ0n) is 17.5. The first-order valence-corrected chi connectivity index (χ1v) is 10.0. The lowest BCUT2D eigenvalue weighted by Gasteiger charge is -2.10. The Morgan fingerprint density at radius 3 is 2.59 bits per heavy atom. The van der Waals surface area contributed by atoms with Gasteiger partial charge in [0.15, 0.2) is 12.3 Å². The Kier molecular flexibility index (Phi) is 5.93. The molecule has 0 N–H and O–H groups in total. The molecule has 0 atom stereocenters. The van der Waals surface area contributed by atoms with Crippen LogP contribution in [0.4, 0.5) is 4.39 Å². The number of rotatable bonds is 7. The topological polar surface area (TPSA) is 82.8 Å². The molecule has 0 spiro atoms. The van der Waals surface area contributed by atoms with Gasteiger partial charge in [-0.2, -0.15) is 5.10 Å². The zero-order valence-corrected chi connectivity index (χ0v) is 17.5. The van der Waals surface area contributed by atoms with Crippen LogP contribution < -0.4 is 4.74 Å². The molecule has 0 aliphatic heterocycles. The fourth-order valence-electron chi connectivity index (χ4n) is 3.15. The van der Waals surface area contributed by atoms with Gasteiger partial charge in [-0.1, -0.05) is 29.8 Å². The van der Waals surface area contributed by atoms with Gasteiger partial charge >= 0.3 is 5.97 Å². The van der Waals surface area contributed by atoms with E-state index in [4.69, 9.17) is 9.47 Å². The molecule has 4 aromatic rings. The van der Waals surface area contributed by atoms with Crippen LogP contribution in [0.25, 0.3) is 16.9 Å². The van der Waals surface area contributed by atoms with E-state index in [9.17, 15) is 14.0 Å². The van der Waals surface area contributed by atoms with Gasteiger partial charge in [-0.05, 0) is 38.1 Å². The summed E-state index contributed by atoms with van der Waals surface area (Å²) in [6, 6.07) is 14.7. The van der Waals surface area contributed by atoms with Gasteiger partial charge in [0.2, 0.25) is 5.78 Å². The minimum atomic E-state index is -0.607. The number of halogens is 1. The molecule has 7 nitrogen and oxygen atoms in total. The molecule has 0 fully saturated rings. The number of aryl methyl sites for hydroxylation is 1. The van der Waals surface area contributed by atoms with Crippen molar-refractivity contribution in [3.8, 4) is 17.0 Å². The summed E-state index contributed by atoms with van der Waals surface area (Å²) in [6.45, 7) is 3.49. The number of carbonyl (C=O) groups is 2. The number of carbonyl (C=O) groups excluding carboxylic acids is 2. The summed E-state index contributed by atoms with van der Waals surface area (Å²) in [5.74, 6) is -1.66. The number of benzene rings is 2. The predicted molar refractivity (Wildman–Crippen MR) is 115 cm³/mol. The molecule has 2 heterocycles. The van der Waals surface area contributed by atoms with Crippen molar-refractivity contribution in [2.24, 2.45) is 0 Å². The van der Waals surface area contributed by atoms with Crippen LogP contribution in [0.15, 0.2) is 60.8 Å². The van der Waals surface area contributed by atoms with Gasteiger partial charge in [0, 0.05) is 17.8 Å². The fraction of sp³-hybridized carbons (Fsp3) is 0.167. The monoisotopic (exact) mass is 433 g/mol. The first-order chi connectivity index (χ1) is 15.4. The molecule has 32 heavy (non-hydrogen) atoms. The number of ether oxygens (including phenoxy) is 2. The van der Waals surface area contributed by atoms with Crippen LogP contribution in [0.1, 0.15) is 28.5 Å². The van der Waals surface area contributed by atoms with Crippen molar-refractivity contribution in [1.82, 2.24) is 14.6 Å². The summed E-state index contributed by atoms with van der Waals surface area (Å²) < 4.78 is 25.7. The highest BCUT2D eigenvalue weighted by atomic mass is 19.1. The van der Waals surface area contributed by atoms with Gasteiger partial charge in [-0.15, -0.1) is 0 Å². The van der Waals surface area contributed by atoms with Crippen LogP contribution in [-0.4, -0.2) is 39.6 Å². The smallest absolute Gasteiger partial charge is 0.344 e. The third kappa shape index (κ3) is 4.49. The minimum absolute atomic E-state index is 0.0376. The van der Waals surface area contributed by atoms with Crippen LogP contribution in [0.3, 0.4) is 0 Å². The molecule has 0 radical (unpaired) electrons. The van der Waals surface area contributed by atoms with Gasteiger partial charge < -0.3 is 9.47 Å². The van der Waals surface area contributed by atoms with E-state index >= 15 is 0 Å². The maximum absolute atomic E-state index is 13.9. The van der Waals surface area contributed by atoms with Crippen LogP contribution in [0.5, 0.6) is 5.75 Å². The summed E-state index contributed by atoms with van der Waals surface area (Å²) in [6.07, 6.45) is 1.62. The van der Waals surface area contributed by atoms with Gasteiger partial charge in [0.05, 0.1) is 17.9 Å². The number of fused-ring (bicyclic) bond motifs is 1. The second-order valence-electron chi connectivity index (χ2n) is 7.07. The van der Waals surface area contributed by atoms with Crippen molar-refractivity contribution in [3.63, 3.8) is 0 Å². The normalized spacial score (nSPS) is 10.8. The van der Waals surface area contributed by atoms with E-state index in [0.29, 0.717) is 11.3 Å². The van der Waals surface area contributed by atoms with Crippen LogP contribution in [-0.2, 0) is 9.53 Å². The summed E-state index contributed by atoms with van der Waals surface area (Å²) >= 11 is 0. The molecule has 162 valence electrons. The third-order valence-electron chi connectivity index (χ3n) is 4.74. The van der Waals surface area contributed by atoms with Crippen LogP contribution in [0.2, 0.25) is 0 Å². The first-order valence-electron chi connectivity index (χ1n) is 10.0. The van der Waals surface area contributed by atoms with Crippen molar-refractivity contribution < 1.29 is 23.5 Å². The van der Waals surface area contributed by atoms with E-state index in [2.05, 4.69) is 10.1 Å². The highest BCUT2D eigenvalue weighted by Crippen LogP contribution is 2.24. The molecule has 0 saturated carbocycles. The molecular weight excluding hydrogens is 413 g/mol. The molecule has 0 aliphatic carbocycles. The number of ketones is 1. The Morgan fingerprint density at radius 2 is 1.84 bits per heavy atom. The largest absolute Gasteiger partial charge is 0.481 e. The Labute approximate surface area is 183 Å². The maximum atomic E-state index is 13.9. The van der Waals surface area contributed by atoms with Crippen molar-refractivity contribution >= 4 is 17.4 Å². The van der Waals surface area contributed by atoms with E-state index in [1.165, 1.54) is 12.1 Å². The van der Waals surface area contributed by atoms with E-state index in [1.54, 1.807) is 23.7 Å². The number of nitrogens with zero attached hydrogens (tertiary/aromatic N) is 3. The Morgan fingerprint density at radius 1 is 1.06 bits per heavy atom. The SMILES string of the molecule is CCOC(=O)COc1ccc(F)cc1C(=O)c1ccn2nc(-c3ccc(C)cc3)cc2n1. The van der Waals surface area contributed by atoms with Gasteiger partial charge in [-0.3, -0.25) is 4.79 Å². The summed E-state index contributed by atoms with van der Waals surface area (Å²) in [4.78, 5) is 29.1. The zero-order chi connectivity index (χ0) is 22.7. The second kappa shape index (κ2) is 8.97. The molecule has 0 unspecified atom stereocenters. The van der Waals surface area contributed by atoms with E-state index in [1.807, 2.05) is 31.2 Å². The van der Waals surface area contributed by atoms with Gasteiger partial charge in [0.25, 0.3) is 0 Å². The third-order valence-corrected chi connectivity index (χ3v) is 4.74. The Balaban J connectivity index is 1.64. The number of hydrogen-bond donors (Lipinski definition) is 0. The summed E-state index contributed by atoms with van der Waals surface area (Å²) in [5.41, 5.74) is 3.31. The number of aromatic nitrogens is 3. The van der Waals surface area contributed by atoms with Crippen LogP contribution >= 0.6 is 0 Å². The fourth-order valence-corrected chi connectivity index (χ4v) is 3.15. The molecular formula is C24H20FN3O4. The average molecular weight is 433 g/mol. The second-order valence-corrected chi connectivity index (χ2v) is 7.07. The van der Waals surface area contributed by atoms with Crippen molar-refractivity contribution in [2.45, 2.75) is 13.8 Å². The first kappa shape index (κ1) is 21.2. The lowest BCUT2D eigenvalue weighted by Crippen LogP contribution is -2.16. The number of esters is 1. The molecule has 0 amide bonds. The van der Waals surface area contributed by atoms with Gasteiger partial charge in [-0.25, -0.2) is 18.7 Å². The summed E-state index contributed by atoms with van der Waals surface area (Å²) in [5, 5.41) is 4.49. The molecule has 8 heteroatoms. The standard InChI is InChI=1S/C24H20FN3O4/c1-3-31-23(29)14-32-21-9-8-17(25)12-18(21)24(30)19-10-11-28-22(26-19)13-20(27-28)16-6-4-15(2)5-7-16/h4-13H,3,14H2,1-2H3. The average Bonchev–Trinajstić information content (AvgIpc) is 3.21. The van der Waals surface area contributed by atoms with E-state index in [-0.39, 0.29) is 23.6 Å². The quantitative estimate of drug-likeness (QED) is 0.323. The Bertz CT molecular complexity index is 1300. The highest BCUT2D eigenvalue weighted by Gasteiger charge is 2.19. The van der Waals surface area contributed by atoms with E-state index < -0.39 is 24.2 Å². The Hall–Kier alpha value is -4.07. The molecule has 0 aliphatic rings. The predicted octanol–water partition coefficient (Wildman–Crippen LogP) is 4.02. The molecule has 2 aromatic heterocycles. The molecule has 0 saturated heterocycles. The molecule has 4 rings (SSSR count). The summed E-state index contributed by atoms with van der Waals surface area (Å²) in [7, 11) is 0. The lowest BCUT2D eigenvalue weighted by molar-refractivity contribution is -0.145. The molecule has 2 aromatic carbocycles. The van der Waals surface area contributed by atoms with E-state index in [0.717, 1.165) is 23.3 Å². The van der Waals surface area contributed by atoms with Crippen molar-refractivity contribution in [1.29, 1.82) is 0 Å². The van der Waals surface area contributed by atoms with Crippen LogP contribution in [0, 0.1) is 12.7 Å². The molecule has 0 bridgehead atoms.